The van der Waals surface area contributed by atoms with E-state index in [1.165, 1.54) is 12.5 Å². The summed E-state index contributed by atoms with van der Waals surface area (Å²) in [4.78, 5) is 19.2. The van der Waals surface area contributed by atoms with Crippen molar-refractivity contribution in [2.24, 2.45) is 5.92 Å². The number of nitrogens with one attached hydrogen (secondary N) is 1. The van der Waals surface area contributed by atoms with Crippen molar-refractivity contribution in [1.82, 2.24) is 15.2 Å². The van der Waals surface area contributed by atoms with E-state index in [4.69, 9.17) is 4.42 Å². The van der Waals surface area contributed by atoms with Crippen molar-refractivity contribution in [3.05, 3.63) is 29.8 Å². The zero-order valence-electron chi connectivity index (χ0n) is 14.3. The van der Waals surface area contributed by atoms with E-state index in [9.17, 15) is 13.6 Å². The number of aromatic nitrogens is 1. The van der Waals surface area contributed by atoms with Gasteiger partial charge in [-0.3, -0.25) is 9.69 Å². The van der Waals surface area contributed by atoms with Crippen molar-refractivity contribution in [3.8, 4) is 11.8 Å². The summed E-state index contributed by atoms with van der Waals surface area (Å²) < 4.78 is 29.9. The zero-order valence-corrected chi connectivity index (χ0v) is 14.3. The molecule has 26 heavy (non-hydrogen) atoms. The van der Waals surface area contributed by atoms with Gasteiger partial charge in [-0.15, -0.1) is 0 Å². The highest BCUT2D eigenvalue weighted by Gasteiger charge is 2.40. The smallest absolute Gasteiger partial charge is 0.299 e. The van der Waals surface area contributed by atoms with Crippen LogP contribution in [0.5, 0.6) is 0 Å². The molecular formula is C19H19F2N3O2. The average molecular weight is 359 g/mol. The van der Waals surface area contributed by atoms with Gasteiger partial charge in [0.15, 0.2) is 5.58 Å². The van der Waals surface area contributed by atoms with E-state index in [1.54, 1.807) is 6.07 Å². The molecule has 7 heteroatoms. The summed E-state index contributed by atoms with van der Waals surface area (Å²) in [5.74, 6) is 4.42. The van der Waals surface area contributed by atoms with E-state index in [1.807, 2.05) is 5.92 Å². The van der Waals surface area contributed by atoms with E-state index in [2.05, 4.69) is 28.0 Å². The van der Waals surface area contributed by atoms with Crippen molar-refractivity contribution in [2.75, 3.05) is 13.1 Å². The summed E-state index contributed by atoms with van der Waals surface area (Å²) in [6.07, 6.45) is 2.20. The Morgan fingerprint density at radius 1 is 1.42 bits per heavy atom. The van der Waals surface area contributed by atoms with Gasteiger partial charge in [0.25, 0.3) is 12.3 Å². The molecule has 0 aliphatic carbocycles. The molecule has 0 radical (unpaired) electrons. The SMILES string of the molecule is CC1C(NC(=O)c2cc3c(C#CC(F)F)coc3cn2)C2CCN1CC2. The Kier molecular flexibility index (Phi) is 4.37. The maximum atomic E-state index is 12.7. The first-order chi connectivity index (χ1) is 12.5. The van der Waals surface area contributed by atoms with Gasteiger partial charge in [-0.2, -0.15) is 8.78 Å². The molecule has 1 amide bonds. The number of hydrogen-bond donors (Lipinski definition) is 1. The number of nitrogens with zero attached hydrogens (tertiary/aromatic N) is 2. The topological polar surface area (TPSA) is 58.4 Å². The first-order valence-electron chi connectivity index (χ1n) is 8.75. The molecule has 2 unspecified atom stereocenters. The molecule has 3 saturated heterocycles. The molecule has 0 aromatic carbocycles. The first-order valence-corrected chi connectivity index (χ1v) is 8.75. The molecular weight excluding hydrogens is 340 g/mol. The normalized spacial score (nSPS) is 27.4. The fourth-order valence-electron chi connectivity index (χ4n) is 4.06. The van der Waals surface area contributed by atoms with Crippen molar-refractivity contribution >= 4 is 16.9 Å². The highest BCUT2D eigenvalue weighted by Crippen LogP contribution is 2.32. The monoisotopic (exact) mass is 359 g/mol. The highest BCUT2D eigenvalue weighted by molar-refractivity contribution is 5.97. The lowest BCUT2D eigenvalue weighted by Crippen LogP contribution is -2.62. The maximum Gasteiger partial charge on any atom is 0.299 e. The molecule has 2 aromatic rings. The molecule has 2 aromatic heterocycles. The fraction of sp³-hybridized carbons (Fsp3) is 0.474. The van der Waals surface area contributed by atoms with Gasteiger partial charge in [-0.25, -0.2) is 4.98 Å². The van der Waals surface area contributed by atoms with Crippen LogP contribution in [0.2, 0.25) is 0 Å². The first kappa shape index (κ1) is 17.0. The van der Waals surface area contributed by atoms with Gasteiger partial charge in [0.2, 0.25) is 0 Å². The maximum absolute atomic E-state index is 12.7. The third-order valence-electron chi connectivity index (χ3n) is 5.49. The van der Waals surface area contributed by atoms with Crippen LogP contribution in [0, 0.1) is 17.8 Å². The minimum atomic E-state index is -2.72. The Morgan fingerprint density at radius 3 is 2.88 bits per heavy atom. The van der Waals surface area contributed by atoms with Crippen LogP contribution in [0.1, 0.15) is 35.8 Å². The number of alkyl halides is 2. The Hall–Kier alpha value is -2.46. The van der Waals surface area contributed by atoms with Crippen molar-refractivity contribution in [1.29, 1.82) is 0 Å². The van der Waals surface area contributed by atoms with Gasteiger partial charge < -0.3 is 9.73 Å². The van der Waals surface area contributed by atoms with Crippen LogP contribution >= 0.6 is 0 Å². The Morgan fingerprint density at radius 2 is 2.19 bits per heavy atom. The largest absolute Gasteiger partial charge is 0.461 e. The number of carbonyl (C=O) groups excluding carboxylic acids is 1. The summed E-state index contributed by atoms with van der Waals surface area (Å²) >= 11 is 0. The second kappa shape index (κ2) is 6.69. The van der Waals surface area contributed by atoms with Gasteiger partial charge in [-0.05, 0) is 50.8 Å². The van der Waals surface area contributed by atoms with Crippen LogP contribution < -0.4 is 5.32 Å². The van der Waals surface area contributed by atoms with Gasteiger partial charge in [-0.1, -0.05) is 5.92 Å². The Labute approximate surface area is 149 Å². The summed E-state index contributed by atoms with van der Waals surface area (Å²) in [5.41, 5.74) is 0.979. The molecule has 136 valence electrons. The number of carbonyl (C=O) groups is 1. The summed E-state index contributed by atoms with van der Waals surface area (Å²) in [6, 6.07) is 1.96. The second-order valence-corrected chi connectivity index (χ2v) is 6.90. The molecule has 0 spiro atoms. The molecule has 1 N–H and O–H groups in total. The quantitative estimate of drug-likeness (QED) is 0.838. The summed E-state index contributed by atoms with van der Waals surface area (Å²) in [7, 11) is 0. The van der Waals surface area contributed by atoms with E-state index >= 15 is 0 Å². The van der Waals surface area contributed by atoms with Crippen LogP contribution in [0.25, 0.3) is 11.0 Å². The molecule has 3 aliphatic heterocycles. The lowest BCUT2D eigenvalue weighted by molar-refractivity contribution is 0.0216. The van der Waals surface area contributed by atoms with Crippen LogP contribution in [-0.4, -0.2) is 47.4 Å². The second-order valence-electron chi connectivity index (χ2n) is 6.90. The van der Waals surface area contributed by atoms with E-state index in [0.29, 0.717) is 28.5 Å². The predicted molar refractivity (Wildman–Crippen MR) is 91.9 cm³/mol. The third kappa shape index (κ3) is 3.06. The molecule has 2 atom stereocenters. The number of rotatable bonds is 2. The fourth-order valence-corrected chi connectivity index (χ4v) is 4.06. The van der Waals surface area contributed by atoms with Gasteiger partial charge in [0, 0.05) is 17.5 Å². The number of halogens is 2. The Balaban J connectivity index is 1.57. The van der Waals surface area contributed by atoms with E-state index in [-0.39, 0.29) is 17.6 Å². The highest BCUT2D eigenvalue weighted by atomic mass is 19.3. The third-order valence-corrected chi connectivity index (χ3v) is 5.49. The number of furan rings is 1. The van der Waals surface area contributed by atoms with Gasteiger partial charge >= 0.3 is 0 Å². The minimum Gasteiger partial charge on any atom is -0.461 e. The molecule has 3 fully saturated rings. The number of piperidine rings is 3. The van der Waals surface area contributed by atoms with Crippen molar-refractivity contribution < 1.29 is 18.0 Å². The molecule has 2 bridgehead atoms. The molecule has 5 nitrogen and oxygen atoms in total. The lowest BCUT2D eigenvalue weighted by atomic mass is 9.79. The van der Waals surface area contributed by atoms with Gasteiger partial charge in [0.05, 0.1) is 11.8 Å². The zero-order chi connectivity index (χ0) is 18.3. The van der Waals surface area contributed by atoms with Crippen LogP contribution in [0.3, 0.4) is 0 Å². The van der Waals surface area contributed by atoms with Crippen LogP contribution in [0.4, 0.5) is 8.78 Å². The number of pyridine rings is 1. The molecule has 5 rings (SSSR count). The van der Waals surface area contributed by atoms with Crippen molar-refractivity contribution in [3.63, 3.8) is 0 Å². The van der Waals surface area contributed by atoms with Crippen LogP contribution in [-0.2, 0) is 0 Å². The Bertz CT molecular complexity index is 889. The number of fused-ring (bicyclic) bond motifs is 4. The van der Waals surface area contributed by atoms with E-state index in [0.717, 1.165) is 25.9 Å². The minimum absolute atomic E-state index is 0.102. The predicted octanol–water partition coefficient (Wildman–Crippen LogP) is 2.66. The van der Waals surface area contributed by atoms with Crippen LogP contribution in [0.15, 0.2) is 22.9 Å². The summed E-state index contributed by atoms with van der Waals surface area (Å²) in [6.45, 7) is 4.31. The molecule has 0 saturated carbocycles. The lowest BCUT2D eigenvalue weighted by Gasteiger charge is -2.49. The van der Waals surface area contributed by atoms with Crippen molar-refractivity contribution in [2.45, 2.75) is 38.3 Å². The molecule has 5 heterocycles. The molecule has 3 aliphatic rings. The standard InChI is InChI=1S/C19H19F2N3O2/c1-11-18(12-4-6-24(11)7-5-12)23-19(25)15-8-14-13(2-3-17(20)21)10-26-16(14)9-22-15/h8-12,17-18H,4-7H2,1H3,(H,23,25). The average Bonchev–Trinajstić information content (AvgIpc) is 3.05. The number of hydrogen-bond acceptors (Lipinski definition) is 4. The van der Waals surface area contributed by atoms with E-state index < -0.39 is 6.43 Å². The summed E-state index contributed by atoms with van der Waals surface area (Å²) in [5, 5.41) is 3.63. The number of amides is 1. The van der Waals surface area contributed by atoms with Gasteiger partial charge in [0.1, 0.15) is 12.0 Å².